The number of nitrogen functional groups attached to an aromatic ring is 1. The molecule has 1 fully saturated rings. The standard InChI is InChI=1S/C13H16BrN5O/c1-13(5-2-6-20-13)8-19-12(16-17-18-19)10-7-9(15)3-4-11(10)14/h3-4,7H,2,5-6,8,15H2,1H3. The second-order valence-corrected chi connectivity index (χ2v) is 6.16. The van der Waals surface area contributed by atoms with Crippen molar-refractivity contribution in [3.05, 3.63) is 22.7 Å². The third-order valence-corrected chi connectivity index (χ3v) is 4.24. The first kappa shape index (κ1) is 13.5. The van der Waals surface area contributed by atoms with Gasteiger partial charge in [0.1, 0.15) is 0 Å². The van der Waals surface area contributed by atoms with Gasteiger partial charge in [0.15, 0.2) is 5.82 Å². The molecule has 1 unspecified atom stereocenters. The first-order valence-corrected chi connectivity index (χ1v) is 7.32. The molecule has 2 N–H and O–H groups in total. The number of nitrogens with zero attached hydrogens (tertiary/aromatic N) is 4. The van der Waals surface area contributed by atoms with Crippen molar-refractivity contribution in [3.8, 4) is 11.4 Å². The van der Waals surface area contributed by atoms with Crippen LogP contribution in [0.3, 0.4) is 0 Å². The molecular weight excluding hydrogens is 322 g/mol. The van der Waals surface area contributed by atoms with E-state index in [0.717, 1.165) is 29.5 Å². The van der Waals surface area contributed by atoms with Crippen LogP contribution in [-0.4, -0.2) is 32.4 Å². The summed E-state index contributed by atoms with van der Waals surface area (Å²) in [5.41, 5.74) is 7.22. The quantitative estimate of drug-likeness (QED) is 0.869. The van der Waals surface area contributed by atoms with Gasteiger partial charge >= 0.3 is 0 Å². The monoisotopic (exact) mass is 337 g/mol. The van der Waals surface area contributed by atoms with E-state index in [-0.39, 0.29) is 5.60 Å². The fourth-order valence-electron chi connectivity index (χ4n) is 2.50. The summed E-state index contributed by atoms with van der Waals surface area (Å²) in [5, 5.41) is 12.0. The van der Waals surface area contributed by atoms with E-state index >= 15 is 0 Å². The topological polar surface area (TPSA) is 78.9 Å². The lowest BCUT2D eigenvalue weighted by Gasteiger charge is -2.23. The molecule has 7 heteroatoms. The fraction of sp³-hybridized carbons (Fsp3) is 0.462. The molecule has 1 aliphatic rings. The average Bonchev–Trinajstić information content (AvgIpc) is 3.02. The van der Waals surface area contributed by atoms with Crippen molar-refractivity contribution in [2.75, 3.05) is 12.3 Å². The van der Waals surface area contributed by atoms with Crippen LogP contribution in [-0.2, 0) is 11.3 Å². The van der Waals surface area contributed by atoms with E-state index in [1.54, 1.807) is 4.68 Å². The summed E-state index contributed by atoms with van der Waals surface area (Å²) in [5.74, 6) is 0.695. The number of anilines is 1. The van der Waals surface area contributed by atoms with Gasteiger partial charge in [-0.3, -0.25) is 0 Å². The van der Waals surface area contributed by atoms with Crippen molar-refractivity contribution in [2.24, 2.45) is 0 Å². The Labute approximate surface area is 125 Å². The third kappa shape index (κ3) is 2.55. The van der Waals surface area contributed by atoms with Gasteiger partial charge in [0.05, 0.1) is 12.1 Å². The molecule has 1 aromatic carbocycles. The number of benzene rings is 1. The van der Waals surface area contributed by atoms with Gasteiger partial charge in [0, 0.05) is 22.3 Å². The molecule has 0 aliphatic carbocycles. The maximum Gasteiger partial charge on any atom is 0.183 e. The predicted octanol–water partition coefficient (Wildman–Crippen LogP) is 2.25. The Kier molecular flexibility index (Phi) is 3.47. The van der Waals surface area contributed by atoms with Crippen LogP contribution in [0.5, 0.6) is 0 Å². The van der Waals surface area contributed by atoms with Gasteiger partial charge in [0.25, 0.3) is 0 Å². The number of rotatable bonds is 3. The van der Waals surface area contributed by atoms with Crippen LogP contribution in [0.2, 0.25) is 0 Å². The smallest absolute Gasteiger partial charge is 0.183 e. The Bertz CT molecular complexity index is 621. The van der Waals surface area contributed by atoms with Crippen molar-refractivity contribution < 1.29 is 4.74 Å². The van der Waals surface area contributed by atoms with E-state index in [0.29, 0.717) is 18.1 Å². The van der Waals surface area contributed by atoms with Gasteiger partial charge in [-0.1, -0.05) is 15.9 Å². The molecule has 6 nitrogen and oxygen atoms in total. The minimum Gasteiger partial charge on any atom is -0.399 e. The largest absolute Gasteiger partial charge is 0.399 e. The molecule has 2 aromatic rings. The minimum atomic E-state index is -0.197. The van der Waals surface area contributed by atoms with Crippen molar-refractivity contribution in [1.82, 2.24) is 20.2 Å². The summed E-state index contributed by atoms with van der Waals surface area (Å²) in [7, 11) is 0. The maximum atomic E-state index is 5.85. The number of nitrogens with two attached hydrogens (primary N) is 1. The number of aromatic nitrogens is 4. The van der Waals surface area contributed by atoms with Gasteiger partial charge in [-0.2, -0.15) is 0 Å². The Morgan fingerprint density at radius 1 is 1.50 bits per heavy atom. The highest BCUT2D eigenvalue weighted by Gasteiger charge is 2.32. The van der Waals surface area contributed by atoms with Gasteiger partial charge in [-0.25, -0.2) is 4.68 Å². The third-order valence-electron chi connectivity index (χ3n) is 3.55. The average molecular weight is 338 g/mol. The molecule has 0 bridgehead atoms. The van der Waals surface area contributed by atoms with E-state index in [1.807, 2.05) is 18.2 Å². The van der Waals surface area contributed by atoms with Gasteiger partial charge in [-0.05, 0) is 48.4 Å². The minimum absolute atomic E-state index is 0.197. The molecular formula is C13H16BrN5O. The molecule has 0 saturated carbocycles. The lowest BCUT2D eigenvalue weighted by molar-refractivity contribution is 0.00355. The first-order chi connectivity index (χ1) is 9.57. The molecule has 0 spiro atoms. The summed E-state index contributed by atoms with van der Waals surface area (Å²) >= 11 is 3.52. The Morgan fingerprint density at radius 2 is 2.35 bits per heavy atom. The summed E-state index contributed by atoms with van der Waals surface area (Å²) in [4.78, 5) is 0. The maximum absolute atomic E-state index is 5.85. The van der Waals surface area contributed by atoms with Crippen LogP contribution in [0.4, 0.5) is 5.69 Å². The van der Waals surface area contributed by atoms with Crippen molar-refractivity contribution in [3.63, 3.8) is 0 Å². The zero-order chi connectivity index (χ0) is 14.2. The highest BCUT2D eigenvalue weighted by molar-refractivity contribution is 9.10. The van der Waals surface area contributed by atoms with Gasteiger partial charge < -0.3 is 10.5 Å². The Hall–Kier alpha value is -1.47. The number of ether oxygens (including phenoxy) is 1. The molecule has 0 amide bonds. The van der Waals surface area contributed by atoms with Crippen molar-refractivity contribution in [2.45, 2.75) is 31.9 Å². The number of hydrogen-bond donors (Lipinski definition) is 1. The van der Waals surface area contributed by atoms with Crippen LogP contribution in [0.15, 0.2) is 22.7 Å². The fourth-order valence-corrected chi connectivity index (χ4v) is 2.92. The summed E-state index contributed by atoms with van der Waals surface area (Å²) in [6.07, 6.45) is 2.10. The molecule has 0 radical (unpaired) electrons. The molecule has 106 valence electrons. The molecule has 20 heavy (non-hydrogen) atoms. The SMILES string of the molecule is CC1(Cn2nnnc2-c2cc(N)ccc2Br)CCCO1. The number of halogens is 1. The zero-order valence-electron chi connectivity index (χ0n) is 11.2. The summed E-state index contributed by atoms with van der Waals surface area (Å²) in [6.45, 7) is 3.53. The van der Waals surface area contributed by atoms with Crippen molar-refractivity contribution in [1.29, 1.82) is 0 Å². The van der Waals surface area contributed by atoms with E-state index in [2.05, 4.69) is 38.4 Å². The zero-order valence-corrected chi connectivity index (χ0v) is 12.8. The van der Waals surface area contributed by atoms with Gasteiger partial charge in [0.2, 0.25) is 0 Å². The summed E-state index contributed by atoms with van der Waals surface area (Å²) in [6, 6.07) is 5.60. The summed E-state index contributed by atoms with van der Waals surface area (Å²) < 4.78 is 8.51. The second-order valence-electron chi connectivity index (χ2n) is 5.30. The highest BCUT2D eigenvalue weighted by Crippen LogP contribution is 2.31. The molecule has 3 rings (SSSR count). The normalized spacial score (nSPS) is 22.3. The van der Waals surface area contributed by atoms with E-state index in [4.69, 9.17) is 10.5 Å². The van der Waals surface area contributed by atoms with Crippen LogP contribution in [0.1, 0.15) is 19.8 Å². The molecule has 1 atom stereocenters. The predicted molar refractivity (Wildman–Crippen MR) is 79.0 cm³/mol. The van der Waals surface area contributed by atoms with Gasteiger partial charge in [-0.15, -0.1) is 5.10 Å². The van der Waals surface area contributed by atoms with Crippen LogP contribution in [0, 0.1) is 0 Å². The molecule has 1 saturated heterocycles. The molecule has 1 aromatic heterocycles. The molecule has 1 aliphatic heterocycles. The second kappa shape index (κ2) is 5.14. The van der Waals surface area contributed by atoms with E-state index < -0.39 is 0 Å². The van der Waals surface area contributed by atoms with E-state index in [9.17, 15) is 0 Å². The van der Waals surface area contributed by atoms with E-state index in [1.165, 1.54) is 0 Å². The van der Waals surface area contributed by atoms with Crippen LogP contribution in [0.25, 0.3) is 11.4 Å². The lowest BCUT2D eigenvalue weighted by atomic mass is 10.0. The first-order valence-electron chi connectivity index (χ1n) is 6.53. The highest BCUT2D eigenvalue weighted by atomic mass is 79.9. The van der Waals surface area contributed by atoms with Crippen LogP contribution >= 0.6 is 15.9 Å². The number of hydrogen-bond acceptors (Lipinski definition) is 5. The van der Waals surface area contributed by atoms with Crippen molar-refractivity contribution >= 4 is 21.6 Å². The lowest BCUT2D eigenvalue weighted by Crippen LogP contribution is -2.30. The van der Waals surface area contributed by atoms with Crippen LogP contribution < -0.4 is 5.73 Å². The Morgan fingerprint density at radius 3 is 3.10 bits per heavy atom. The Balaban J connectivity index is 1.95. The number of tetrazole rings is 1. The molecule has 2 heterocycles.